The SMILES string of the molecule is N/C(=N\OCC(CN1CCCCC1)OCc1ccccc1)c1cccnc1.O=C(O)/C=C\C(=O)O. The summed E-state index contributed by atoms with van der Waals surface area (Å²) in [6, 6.07) is 13.9. The first-order chi connectivity index (χ1) is 16.9. The van der Waals surface area contributed by atoms with E-state index in [4.69, 9.17) is 25.5 Å². The summed E-state index contributed by atoms with van der Waals surface area (Å²) in [7, 11) is 0. The van der Waals surface area contributed by atoms with E-state index >= 15 is 0 Å². The summed E-state index contributed by atoms with van der Waals surface area (Å²) in [5.41, 5.74) is 7.86. The van der Waals surface area contributed by atoms with Crippen LogP contribution < -0.4 is 5.73 Å². The third-order valence-electron chi connectivity index (χ3n) is 4.99. The van der Waals surface area contributed by atoms with Gasteiger partial charge in [0.15, 0.2) is 5.84 Å². The van der Waals surface area contributed by atoms with Crippen LogP contribution in [0.5, 0.6) is 0 Å². The van der Waals surface area contributed by atoms with Crippen LogP contribution in [0.15, 0.2) is 72.2 Å². The number of likely N-dealkylation sites (tertiary alicyclic amines) is 1. The summed E-state index contributed by atoms with van der Waals surface area (Å²) in [5, 5.41) is 19.7. The Morgan fingerprint density at radius 3 is 2.34 bits per heavy atom. The Morgan fingerprint density at radius 2 is 1.74 bits per heavy atom. The minimum absolute atomic E-state index is 0.0613. The van der Waals surface area contributed by atoms with E-state index < -0.39 is 11.9 Å². The van der Waals surface area contributed by atoms with Gasteiger partial charge >= 0.3 is 11.9 Å². The van der Waals surface area contributed by atoms with Gasteiger partial charge in [-0.1, -0.05) is 41.9 Å². The largest absolute Gasteiger partial charge is 0.478 e. The molecule has 2 heterocycles. The lowest BCUT2D eigenvalue weighted by Crippen LogP contribution is -2.39. The maximum Gasteiger partial charge on any atom is 0.328 e. The van der Waals surface area contributed by atoms with E-state index in [0.717, 1.165) is 30.8 Å². The van der Waals surface area contributed by atoms with Crippen molar-refractivity contribution in [2.24, 2.45) is 10.9 Å². The first-order valence-corrected chi connectivity index (χ1v) is 11.3. The number of piperidine rings is 1. The summed E-state index contributed by atoms with van der Waals surface area (Å²) in [5.74, 6) is -2.19. The van der Waals surface area contributed by atoms with E-state index in [2.05, 4.69) is 27.2 Å². The van der Waals surface area contributed by atoms with Gasteiger partial charge in [-0.3, -0.25) is 4.98 Å². The molecule has 188 valence electrons. The summed E-state index contributed by atoms with van der Waals surface area (Å²) >= 11 is 0. The molecular formula is C25H32N4O6. The Morgan fingerprint density at radius 1 is 1.06 bits per heavy atom. The molecule has 1 saturated heterocycles. The highest BCUT2D eigenvalue weighted by molar-refractivity contribution is 5.96. The Labute approximate surface area is 204 Å². The van der Waals surface area contributed by atoms with E-state index in [1.54, 1.807) is 12.4 Å². The van der Waals surface area contributed by atoms with Gasteiger partial charge in [0.25, 0.3) is 0 Å². The third-order valence-corrected chi connectivity index (χ3v) is 4.99. The fourth-order valence-corrected chi connectivity index (χ4v) is 3.27. The van der Waals surface area contributed by atoms with Gasteiger partial charge in [-0.15, -0.1) is 0 Å². The number of nitrogens with zero attached hydrogens (tertiary/aromatic N) is 3. The van der Waals surface area contributed by atoms with Gasteiger partial charge in [-0.25, -0.2) is 9.59 Å². The van der Waals surface area contributed by atoms with Gasteiger partial charge < -0.3 is 30.4 Å². The molecule has 0 radical (unpaired) electrons. The summed E-state index contributed by atoms with van der Waals surface area (Å²) < 4.78 is 6.13. The summed E-state index contributed by atoms with van der Waals surface area (Å²) in [6.07, 6.45) is 8.23. The van der Waals surface area contributed by atoms with Gasteiger partial charge in [0, 0.05) is 36.7 Å². The molecule has 0 bridgehead atoms. The molecule has 0 saturated carbocycles. The monoisotopic (exact) mass is 484 g/mol. The predicted molar refractivity (Wildman–Crippen MR) is 131 cm³/mol. The second kappa shape index (κ2) is 16.0. The fraction of sp³-hybridized carbons (Fsp3) is 0.360. The number of aliphatic carboxylic acids is 2. The Bertz CT molecular complexity index is 931. The topological polar surface area (TPSA) is 148 Å². The molecule has 0 aliphatic carbocycles. The summed E-state index contributed by atoms with van der Waals surface area (Å²) in [4.78, 5) is 31.1. The normalized spacial score (nSPS) is 15.1. The lowest BCUT2D eigenvalue weighted by atomic mass is 10.1. The van der Waals surface area contributed by atoms with Crippen molar-refractivity contribution in [2.75, 3.05) is 26.2 Å². The minimum Gasteiger partial charge on any atom is -0.478 e. The highest BCUT2D eigenvalue weighted by Crippen LogP contribution is 2.12. The lowest BCUT2D eigenvalue weighted by molar-refractivity contribution is -0.134. The quantitative estimate of drug-likeness (QED) is 0.189. The van der Waals surface area contributed by atoms with E-state index in [-0.39, 0.29) is 6.10 Å². The maximum atomic E-state index is 9.55. The molecular weight excluding hydrogens is 452 g/mol. The molecule has 10 nitrogen and oxygen atoms in total. The molecule has 3 rings (SSSR count). The first-order valence-electron chi connectivity index (χ1n) is 11.3. The molecule has 1 fully saturated rings. The second-order valence-electron chi connectivity index (χ2n) is 7.80. The zero-order chi connectivity index (χ0) is 25.3. The van der Waals surface area contributed by atoms with Crippen molar-refractivity contribution in [3.05, 3.63) is 78.1 Å². The van der Waals surface area contributed by atoms with Crippen molar-refractivity contribution >= 4 is 17.8 Å². The number of oxime groups is 1. The Kier molecular flexibility index (Phi) is 12.5. The minimum atomic E-state index is -1.26. The maximum absolute atomic E-state index is 9.55. The zero-order valence-electron chi connectivity index (χ0n) is 19.5. The number of carboxylic acids is 2. The molecule has 1 aromatic heterocycles. The van der Waals surface area contributed by atoms with E-state index in [9.17, 15) is 9.59 Å². The Hall–Kier alpha value is -3.76. The third kappa shape index (κ3) is 12.3. The number of nitrogens with two attached hydrogens (primary N) is 1. The van der Waals surface area contributed by atoms with Crippen LogP contribution in [0.25, 0.3) is 0 Å². The summed E-state index contributed by atoms with van der Waals surface area (Å²) in [6.45, 7) is 4.00. The highest BCUT2D eigenvalue weighted by atomic mass is 16.6. The molecule has 35 heavy (non-hydrogen) atoms. The average Bonchev–Trinajstić information content (AvgIpc) is 2.88. The molecule has 1 aromatic carbocycles. The van der Waals surface area contributed by atoms with E-state index in [1.165, 1.54) is 19.3 Å². The zero-order valence-corrected chi connectivity index (χ0v) is 19.5. The molecule has 1 aliphatic heterocycles. The lowest BCUT2D eigenvalue weighted by Gasteiger charge is -2.30. The van der Waals surface area contributed by atoms with E-state index in [1.807, 2.05) is 30.3 Å². The van der Waals surface area contributed by atoms with Crippen LogP contribution in [-0.4, -0.2) is 70.2 Å². The number of carboxylic acid groups (broad SMARTS) is 2. The van der Waals surface area contributed by atoms with Gasteiger partial charge in [0.2, 0.25) is 0 Å². The number of hydrogen-bond acceptors (Lipinski definition) is 7. The van der Waals surface area contributed by atoms with Crippen LogP contribution in [0.3, 0.4) is 0 Å². The van der Waals surface area contributed by atoms with Crippen LogP contribution in [0.2, 0.25) is 0 Å². The van der Waals surface area contributed by atoms with Crippen molar-refractivity contribution in [1.29, 1.82) is 0 Å². The molecule has 0 spiro atoms. The first kappa shape index (κ1) is 27.5. The van der Waals surface area contributed by atoms with Gasteiger partial charge in [0.05, 0.1) is 6.61 Å². The van der Waals surface area contributed by atoms with Crippen LogP contribution in [0, 0.1) is 0 Å². The second-order valence-corrected chi connectivity index (χ2v) is 7.80. The van der Waals surface area contributed by atoms with Gasteiger partial charge in [-0.2, -0.15) is 0 Å². The standard InChI is InChI=1S/C21H28N4O2.C4H4O4/c22-21(19-10-7-11-23-14-19)24-27-17-20(15-25-12-5-2-6-13-25)26-16-18-8-3-1-4-9-18;5-3(6)1-2-4(7)8/h1,3-4,7-11,14,20H,2,5-6,12-13,15-17H2,(H2,22,24);1-2H,(H,5,6)(H,7,8)/b;2-1-. The van der Waals surface area contributed by atoms with Crippen LogP contribution in [0.1, 0.15) is 30.4 Å². The highest BCUT2D eigenvalue weighted by Gasteiger charge is 2.18. The van der Waals surface area contributed by atoms with Crippen molar-refractivity contribution in [2.45, 2.75) is 32.0 Å². The molecule has 1 aliphatic rings. The van der Waals surface area contributed by atoms with E-state index in [0.29, 0.717) is 31.2 Å². The number of carbonyl (C=O) groups is 2. The van der Waals surface area contributed by atoms with Crippen LogP contribution in [0.4, 0.5) is 0 Å². The number of aromatic nitrogens is 1. The number of ether oxygens (including phenoxy) is 1. The molecule has 10 heteroatoms. The molecule has 1 atom stereocenters. The number of amidine groups is 1. The van der Waals surface area contributed by atoms with Gasteiger partial charge in [0.1, 0.15) is 12.7 Å². The smallest absolute Gasteiger partial charge is 0.328 e. The number of rotatable bonds is 11. The van der Waals surface area contributed by atoms with Crippen molar-refractivity contribution in [3.63, 3.8) is 0 Å². The number of hydrogen-bond donors (Lipinski definition) is 3. The molecule has 2 aromatic rings. The number of benzene rings is 1. The Balaban J connectivity index is 0.000000466. The van der Waals surface area contributed by atoms with Crippen LogP contribution in [-0.2, 0) is 25.8 Å². The molecule has 0 amide bonds. The van der Waals surface area contributed by atoms with Crippen LogP contribution >= 0.6 is 0 Å². The predicted octanol–water partition coefficient (Wildman–Crippen LogP) is 2.50. The van der Waals surface area contributed by atoms with Crippen molar-refractivity contribution < 1.29 is 29.4 Å². The van der Waals surface area contributed by atoms with Crippen molar-refractivity contribution in [1.82, 2.24) is 9.88 Å². The van der Waals surface area contributed by atoms with Crippen molar-refractivity contribution in [3.8, 4) is 0 Å². The molecule has 4 N–H and O–H groups in total. The fourth-order valence-electron chi connectivity index (χ4n) is 3.27. The average molecular weight is 485 g/mol. The van der Waals surface area contributed by atoms with Gasteiger partial charge in [-0.05, 0) is 43.6 Å². The molecule has 1 unspecified atom stereocenters. The number of pyridine rings is 1.